The van der Waals surface area contributed by atoms with Crippen LogP contribution in [0.5, 0.6) is 0 Å². The Morgan fingerprint density at radius 1 is 1.35 bits per heavy atom. The highest BCUT2D eigenvalue weighted by atomic mass is 15.2. The zero-order valence-electron chi connectivity index (χ0n) is 10.2. The molecule has 2 atom stereocenters. The van der Waals surface area contributed by atoms with Gasteiger partial charge in [0.15, 0.2) is 5.96 Å². The Labute approximate surface area is 102 Å². The lowest BCUT2D eigenvalue weighted by Gasteiger charge is -2.16. The molecule has 1 aromatic rings. The van der Waals surface area contributed by atoms with Crippen LogP contribution in [0, 0.1) is 6.92 Å². The molecule has 1 aliphatic carbocycles. The molecule has 1 saturated carbocycles. The van der Waals surface area contributed by atoms with Gasteiger partial charge in [-0.2, -0.15) is 0 Å². The molecule has 0 amide bonds. The maximum absolute atomic E-state index is 4.45. The second kappa shape index (κ2) is 4.40. The van der Waals surface area contributed by atoms with Crippen molar-refractivity contribution in [3.8, 4) is 0 Å². The van der Waals surface area contributed by atoms with E-state index >= 15 is 0 Å². The van der Waals surface area contributed by atoms with Crippen LogP contribution in [0.4, 0.5) is 0 Å². The third-order valence-corrected chi connectivity index (χ3v) is 3.60. The smallest absolute Gasteiger partial charge is 0.191 e. The molecule has 2 N–H and O–H groups in total. The van der Waals surface area contributed by atoms with Crippen LogP contribution in [-0.2, 0) is 0 Å². The first-order valence-electron chi connectivity index (χ1n) is 6.45. The number of rotatable bonds is 2. The summed E-state index contributed by atoms with van der Waals surface area (Å²) in [6.45, 7) is 4.20. The molecule has 0 spiro atoms. The number of benzene rings is 1. The molecule has 0 radical (unpaired) electrons. The zero-order valence-corrected chi connectivity index (χ0v) is 10.2. The molecular formula is C14H19N3. The minimum Gasteiger partial charge on any atom is -0.356 e. The van der Waals surface area contributed by atoms with E-state index in [1.165, 1.54) is 17.5 Å². The Morgan fingerprint density at radius 2 is 2.24 bits per heavy atom. The molecule has 1 heterocycles. The Balaban J connectivity index is 1.63. The number of nitrogens with one attached hydrogen (secondary N) is 2. The van der Waals surface area contributed by atoms with Crippen molar-refractivity contribution in [1.82, 2.24) is 10.6 Å². The molecule has 3 rings (SSSR count). The molecule has 3 heteroatoms. The third-order valence-electron chi connectivity index (χ3n) is 3.60. The van der Waals surface area contributed by atoms with E-state index in [-0.39, 0.29) is 0 Å². The number of aryl methyl sites for hydroxylation is 1. The van der Waals surface area contributed by atoms with Gasteiger partial charge in [0.2, 0.25) is 0 Å². The van der Waals surface area contributed by atoms with Gasteiger partial charge >= 0.3 is 0 Å². The second-order valence-electron chi connectivity index (χ2n) is 4.96. The van der Waals surface area contributed by atoms with Crippen LogP contribution in [0.15, 0.2) is 29.3 Å². The van der Waals surface area contributed by atoms with Crippen LogP contribution in [0.2, 0.25) is 0 Å². The summed E-state index contributed by atoms with van der Waals surface area (Å²) >= 11 is 0. The predicted molar refractivity (Wildman–Crippen MR) is 70.4 cm³/mol. The molecule has 0 aromatic heterocycles. The van der Waals surface area contributed by atoms with Crippen LogP contribution in [0.3, 0.4) is 0 Å². The van der Waals surface area contributed by atoms with Crippen molar-refractivity contribution < 1.29 is 0 Å². The number of guanidine groups is 1. The molecule has 90 valence electrons. The fourth-order valence-corrected chi connectivity index (χ4v) is 2.51. The van der Waals surface area contributed by atoms with Crippen molar-refractivity contribution in [2.45, 2.75) is 31.7 Å². The number of aliphatic imine (C=N–C) groups is 1. The van der Waals surface area contributed by atoms with Gasteiger partial charge in [0.1, 0.15) is 0 Å². The Bertz CT molecular complexity index is 439. The first-order chi connectivity index (χ1) is 8.34. The van der Waals surface area contributed by atoms with Crippen LogP contribution >= 0.6 is 0 Å². The fourth-order valence-electron chi connectivity index (χ4n) is 2.51. The van der Waals surface area contributed by atoms with E-state index in [2.05, 4.69) is 46.8 Å². The van der Waals surface area contributed by atoms with E-state index in [9.17, 15) is 0 Å². The van der Waals surface area contributed by atoms with Gasteiger partial charge in [-0.3, -0.25) is 4.99 Å². The highest BCUT2D eigenvalue weighted by molar-refractivity contribution is 5.81. The topological polar surface area (TPSA) is 36.4 Å². The summed E-state index contributed by atoms with van der Waals surface area (Å²) in [6.07, 6.45) is 2.38. The minimum absolute atomic E-state index is 0.570. The lowest BCUT2D eigenvalue weighted by Crippen LogP contribution is -2.42. The fraction of sp³-hybridized carbons (Fsp3) is 0.500. The third kappa shape index (κ3) is 2.28. The van der Waals surface area contributed by atoms with Gasteiger partial charge in [0, 0.05) is 25.0 Å². The first-order valence-corrected chi connectivity index (χ1v) is 6.45. The maximum atomic E-state index is 4.45. The van der Waals surface area contributed by atoms with Crippen molar-refractivity contribution in [3.05, 3.63) is 35.4 Å². The van der Waals surface area contributed by atoms with Crippen LogP contribution in [0.1, 0.15) is 29.9 Å². The molecule has 1 fully saturated rings. The van der Waals surface area contributed by atoms with Crippen molar-refractivity contribution in [2.75, 3.05) is 13.1 Å². The molecule has 17 heavy (non-hydrogen) atoms. The predicted octanol–water partition coefficient (Wildman–Crippen LogP) is 1.79. The van der Waals surface area contributed by atoms with Gasteiger partial charge in [0.05, 0.1) is 0 Å². The lowest BCUT2D eigenvalue weighted by molar-refractivity contribution is 0.696. The molecule has 1 aliphatic heterocycles. The summed E-state index contributed by atoms with van der Waals surface area (Å²) in [5.41, 5.74) is 2.89. The summed E-state index contributed by atoms with van der Waals surface area (Å²) < 4.78 is 0. The van der Waals surface area contributed by atoms with Crippen molar-refractivity contribution in [3.63, 3.8) is 0 Å². The number of nitrogens with zero attached hydrogens (tertiary/aromatic N) is 1. The van der Waals surface area contributed by atoms with E-state index in [4.69, 9.17) is 0 Å². The summed E-state index contributed by atoms with van der Waals surface area (Å²) in [4.78, 5) is 4.45. The highest BCUT2D eigenvalue weighted by Crippen LogP contribution is 2.41. The van der Waals surface area contributed by atoms with Gasteiger partial charge in [0.25, 0.3) is 0 Å². The quantitative estimate of drug-likeness (QED) is 0.811. The second-order valence-corrected chi connectivity index (χ2v) is 4.96. The van der Waals surface area contributed by atoms with Crippen LogP contribution < -0.4 is 10.6 Å². The molecule has 3 nitrogen and oxygen atoms in total. The zero-order chi connectivity index (χ0) is 11.7. The molecule has 0 saturated heterocycles. The molecule has 2 unspecified atom stereocenters. The maximum Gasteiger partial charge on any atom is 0.191 e. The largest absolute Gasteiger partial charge is 0.356 e. The normalized spacial score (nSPS) is 27.0. The summed E-state index contributed by atoms with van der Waals surface area (Å²) in [5.74, 6) is 1.67. The summed E-state index contributed by atoms with van der Waals surface area (Å²) in [6, 6.07) is 9.25. The number of hydrogen-bond donors (Lipinski definition) is 2. The van der Waals surface area contributed by atoms with Gasteiger partial charge in [-0.25, -0.2) is 0 Å². The van der Waals surface area contributed by atoms with E-state index in [0.717, 1.165) is 25.5 Å². The highest BCUT2D eigenvalue weighted by Gasteiger charge is 2.39. The standard InChI is InChI=1S/C14H19N3/c1-10-5-2-3-6-11(10)12-9-13(12)17-14-15-7-4-8-16-14/h2-3,5-6,12-13H,4,7-9H2,1H3,(H2,15,16,17). The average Bonchev–Trinajstić information content (AvgIpc) is 3.10. The molecule has 0 bridgehead atoms. The van der Waals surface area contributed by atoms with Gasteiger partial charge < -0.3 is 10.6 Å². The molecular weight excluding hydrogens is 210 g/mol. The Kier molecular flexibility index (Phi) is 2.75. The van der Waals surface area contributed by atoms with Crippen molar-refractivity contribution in [1.29, 1.82) is 0 Å². The van der Waals surface area contributed by atoms with Gasteiger partial charge in [-0.1, -0.05) is 24.3 Å². The van der Waals surface area contributed by atoms with Crippen LogP contribution in [-0.4, -0.2) is 25.1 Å². The van der Waals surface area contributed by atoms with Gasteiger partial charge in [-0.05, 0) is 30.9 Å². The average molecular weight is 229 g/mol. The molecule has 1 aromatic carbocycles. The van der Waals surface area contributed by atoms with E-state index < -0.39 is 0 Å². The summed E-state index contributed by atoms with van der Waals surface area (Å²) in [5, 5.41) is 6.82. The summed E-state index contributed by atoms with van der Waals surface area (Å²) in [7, 11) is 0. The lowest BCUT2D eigenvalue weighted by atomic mass is 10.0. The van der Waals surface area contributed by atoms with Crippen LogP contribution in [0.25, 0.3) is 0 Å². The SMILES string of the molecule is Cc1ccccc1C1CC1NC1=NCCCN1. The minimum atomic E-state index is 0.570. The monoisotopic (exact) mass is 229 g/mol. The van der Waals surface area contributed by atoms with Crippen molar-refractivity contribution in [2.24, 2.45) is 4.99 Å². The van der Waals surface area contributed by atoms with Gasteiger partial charge in [-0.15, -0.1) is 0 Å². The Hall–Kier alpha value is -1.51. The number of hydrogen-bond acceptors (Lipinski definition) is 3. The Morgan fingerprint density at radius 3 is 3.00 bits per heavy atom. The van der Waals surface area contributed by atoms with Crippen molar-refractivity contribution >= 4 is 5.96 Å². The van der Waals surface area contributed by atoms with E-state index in [1.807, 2.05) is 0 Å². The van der Waals surface area contributed by atoms with E-state index in [0.29, 0.717) is 12.0 Å². The first kappa shape index (κ1) is 10.6. The molecule has 2 aliphatic rings. The van der Waals surface area contributed by atoms with E-state index in [1.54, 1.807) is 0 Å².